The van der Waals surface area contributed by atoms with Crippen LogP contribution in [0.2, 0.25) is 5.02 Å². The highest BCUT2D eigenvalue weighted by atomic mass is 35.5. The van der Waals surface area contributed by atoms with Crippen LogP contribution >= 0.6 is 11.6 Å². The zero-order valence-electron chi connectivity index (χ0n) is 15.8. The van der Waals surface area contributed by atoms with E-state index in [-0.39, 0.29) is 29.9 Å². The van der Waals surface area contributed by atoms with Crippen LogP contribution in [0.4, 0.5) is 4.39 Å². The van der Waals surface area contributed by atoms with Crippen LogP contribution in [-0.4, -0.2) is 11.4 Å². The lowest BCUT2D eigenvalue weighted by Crippen LogP contribution is -2.52. The van der Waals surface area contributed by atoms with Crippen LogP contribution in [0.5, 0.6) is 0 Å². The molecule has 0 aliphatic carbocycles. The van der Waals surface area contributed by atoms with E-state index in [2.05, 4.69) is 5.32 Å². The maximum absolute atomic E-state index is 13.3. The summed E-state index contributed by atoms with van der Waals surface area (Å²) in [6, 6.07) is 13.9. The fourth-order valence-corrected chi connectivity index (χ4v) is 3.79. The number of hydrogen-bond donors (Lipinski definition) is 1. The topological polar surface area (TPSA) is 38.3 Å². The second-order valence-corrected chi connectivity index (χ2v) is 8.21. The number of nitrogens with one attached hydrogen (secondary N) is 1. The third-order valence-electron chi connectivity index (χ3n) is 5.04. The molecule has 5 heteroatoms. The summed E-state index contributed by atoms with van der Waals surface area (Å²) >= 11 is 6.40. The monoisotopic (exact) mass is 389 g/mol. The van der Waals surface area contributed by atoms with E-state index in [0.717, 1.165) is 11.1 Å². The molecule has 1 N–H and O–H groups in total. The van der Waals surface area contributed by atoms with E-state index in [0.29, 0.717) is 17.9 Å². The van der Waals surface area contributed by atoms with Gasteiger partial charge in [-0.3, -0.25) is 4.79 Å². The first-order chi connectivity index (χ1) is 12.8. The van der Waals surface area contributed by atoms with Crippen molar-refractivity contribution in [1.82, 2.24) is 5.32 Å². The summed E-state index contributed by atoms with van der Waals surface area (Å²) in [6.45, 7) is 5.79. The van der Waals surface area contributed by atoms with Gasteiger partial charge in [-0.1, -0.05) is 55.8 Å². The van der Waals surface area contributed by atoms with Gasteiger partial charge in [-0.05, 0) is 36.2 Å². The molecule has 1 aliphatic rings. The second kappa shape index (κ2) is 7.99. The SMILES string of the molecule is CC(C)C(=O)N[C@@]1(C)C[C@@H](c2ccc(F)cc2)O[C@@H](c2ccccc2Cl)C1. The Morgan fingerprint density at radius 2 is 1.78 bits per heavy atom. The van der Waals surface area contributed by atoms with E-state index in [4.69, 9.17) is 16.3 Å². The molecule has 0 aromatic heterocycles. The first kappa shape index (κ1) is 19.8. The van der Waals surface area contributed by atoms with Crippen molar-refractivity contribution < 1.29 is 13.9 Å². The van der Waals surface area contributed by atoms with Gasteiger partial charge in [0.1, 0.15) is 5.82 Å². The first-order valence-corrected chi connectivity index (χ1v) is 9.62. The van der Waals surface area contributed by atoms with E-state index in [1.165, 1.54) is 12.1 Å². The summed E-state index contributed by atoms with van der Waals surface area (Å²) in [4.78, 5) is 12.4. The lowest BCUT2D eigenvalue weighted by Gasteiger charge is -2.44. The van der Waals surface area contributed by atoms with Crippen LogP contribution in [0.25, 0.3) is 0 Å². The Morgan fingerprint density at radius 1 is 1.15 bits per heavy atom. The third kappa shape index (κ3) is 4.69. The van der Waals surface area contributed by atoms with Gasteiger partial charge in [0.2, 0.25) is 5.91 Å². The van der Waals surface area contributed by atoms with Crippen molar-refractivity contribution in [2.45, 2.75) is 51.4 Å². The van der Waals surface area contributed by atoms with Crippen molar-refractivity contribution in [1.29, 1.82) is 0 Å². The van der Waals surface area contributed by atoms with Crippen LogP contribution < -0.4 is 5.32 Å². The molecule has 1 amide bonds. The Morgan fingerprint density at radius 3 is 2.41 bits per heavy atom. The highest BCUT2D eigenvalue weighted by molar-refractivity contribution is 6.31. The average molecular weight is 390 g/mol. The molecule has 2 aromatic rings. The molecule has 3 atom stereocenters. The Bertz CT molecular complexity index is 808. The number of hydrogen-bond acceptors (Lipinski definition) is 2. The minimum Gasteiger partial charge on any atom is -0.365 e. The van der Waals surface area contributed by atoms with Gasteiger partial charge in [0.05, 0.1) is 12.2 Å². The van der Waals surface area contributed by atoms with Gasteiger partial charge in [-0.25, -0.2) is 4.39 Å². The lowest BCUT2D eigenvalue weighted by molar-refractivity contribution is -0.131. The van der Waals surface area contributed by atoms with E-state index in [1.54, 1.807) is 12.1 Å². The summed E-state index contributed by atoms with van der Waals surface area (Å²) in [5, 5.41) is 3.83. The third-order valence-corrected chi connectivity index (χ3v) is 5.39. The van der Waals surface area contributed by atoms with Gasteiger partial charge >= 0.3 is 0 Å². The predicted octanol–water partition coefficient (Wildman–Crippen LogP) is 5.60. The normalized spacial score (nSPS) is 25.4. The number of ether oxygens (including phenoxy) is 1. The summed E-state index contributed by atoms with van der Waals surface area (Å²) in [7, 11) is 0. The van der Waals surface area contributed by atoms with E-state index < -0.39 is 5.54 Å². The van der Waals surface area contributed by atoms with Gasteiger partial charge in [0.15, 0.2) is 0 Å². The highest BCUT2D eigenvalue weighted by Gasteiger charge is 2.41. The predicted molar refractivity (Wildman–Crippen MR) is 105 cm³/mol. The Labute approximate surface area is 164 Å². The summed E-state index contributed by atoms with van der Waals surface area (Å²) < 4.78 is 19.7. The minimum atomic E-state index is -0.456. The van der Waals surface area contributed by atoms with Crippen LogP contribution in [0.1, 0.15) is 56.9 Å². The van der Waals surface area contributed by atoms with Crippen molar-refractivity contribution in [2.75, 3.05) is 0 Å². The Balaban J connectivity index is 1.94. The van der Waals surface area contributed by atoms with Gasteiger partial charge in [-0.15, -0.1) is 0 Å². The molecule has 0 saturated carbocycles. The number of carbonyl (C=O) groups is 1. The largest absolute Gasteiger partial charge is 0.365 e. The average Bonchev–Trinajstić information content (AvgIpc) is 2.61. The fourth-order valence-electron chi connectivity index (χ4n) is 3.53. The van der Waals surface area contributed by atoms with Gasteiger partial charge in [0.25, 0.3) is 0 Å². The summed E-state index contributed by atoms with van der Waals surface area (Å²) in [5.74, 6) is -0.379. The van der Waals surface area contributed by atoms with E-state index in [1.807, 2.05) is 45.0 Å². The standard InChI is InChI=1S/C22H25ClFNO2/c1-14(2)21(26)25-22(3)12-19(15-8-10-16(24)11-9-15)27-20(13-22)17-6-4-5-7-18(17)23/h4-11,14,19-20H,12-13H2,1-3H3,(H,25,26)/t19-,20+,22-/m0/s1. The molecule has 1 saturated heterocycles. The molecule has 0 bridgehead atoms. The molecule has 1 heterocycles. The van der Waals surface area contributed by atoms with Crippen molar-refractivity contribution >= 4 is 17.5 Å². The van der Waals surface area contributed by atoms with Crippen molar-refractivity contribution in [3.8, 4) is 0 Å². The molecular weight excluding hydrogens is 365 g/mol. The highest BCUT2D eigenvalue weighted by Crippen LogP contribution is 2.45. The second-order valence-electron chi connectivity index (χ2n) is 7.80. The quantitative estimate of drug-likeness (QED) is 0.738. The zero-order chi connectivity index (χ0) is 19.6. The first-order valence-electron chi connectivity index (χ1n) is 9.25. The van der Waals surface area contributed by atoms with Gasteiger partial charge < -0.3 is 10.1 Å². The molecule has 2 aromatic carbocycles. The molecule has 0 spiro atoms. The van der Waals surface area contributed by atoms with E-state index in [9.17, 15) is 9.18 Å². The van der Waals surface area contributed by atoms with Crippen molar-refractivity contribution in [3.63, 3.8) is 0 Å². The van der Waals surface area contributed by atoms with Crippen LogP contribution in [0.3, 0.4) is 0 Å². The number of amides is 1. The molecular formula is C22H25ClFNO2. The molecule has 1 aliphatic heterocycles. The molecule has 3 rings (SSSR count). The number of carbonyl (C=O) groups excluding carboxylic acids is 1. The van der Waals surface area contributed by atoms with E-state index >= 15 is 0 Å². The zero-order valence-corrected chi connectivity index (χ0v) is 16.6. The van der Waals surface area contributed by atoms with Crippen molar-refractivity contribution in [2.24, 2.45) is 5.92 Å². The number of halogens is 2. The summed E-state index contributed by atoms with van der Waals surface area (Å²) in [5.41, 5.74) is 1.33. The van der Waals surface area contributed by atoms with Crippen LogP contribution in [-0.2, 0) is 9.53 Å². The van der Waals surface area contributed by atoms with Crippen molar-refractivity contribution in [3.05, 3.63) is 70.5 Å². The van der Waals surface area contributed by atoms with Gasteiger partial charge in [-0.2, -0.15) is 0 Å². The van der Waals surface area contributed by atoms with Gasteiger partial charge in [0, 0.05) is 29.3 Å². The lowest BCUT2D eigenvalue weighted by atomic mass is 9.81. The molecule has 0 radical (unpaired) electrons. The number of rotatable bonds is 4. The fraction of sp³-hybridized carbons (Fsp3) is 0.409. The van der Waals surface area contributed by atoms with Crippen LogP contribution in [0.15, 0.2) is 48.5 Å². The molecule has 3 nitrogen and oxygen atoms in total. The number of benzene rings is 2. The minimum absolute atomic E-state index is 0.00941. The maximum Gasteiger partial charge on any atom is 0.222 e. The molecule has 144 valence electrons. The Kier molecular flexibility index (Phi) is 5.87. The molecule has 1 fully saturated rings. The Hall–Kier alpha value is -1.91. The summed E-state index contributed by atoms with van der Waals surface area (Å²) in [6.07, 6.45) is 0.698. The smallest absolute Gasteiger partial charge is 0.222 e. The van der Waals surface area contributed by atoms with Crippen LogP contribution in [0, 0.1) is 11.7 Å². The molecule has 0 unspecified atom stereocenters. The maximum atomic E-state index is 13.3. The molecule has 27 heavy (non-hydrogen) atoms.